The van der Waals surface area contributed by atoms with Crippen molar-refractivity contribution in [2.24, 2.45) is 12.8 Å². The Kier molecular flexibility index (Phi) is 4.75. The summed E-state index contributed by atoms with van der Waals surface area (Å²) in [6.07, 6.45) is 4.53. The number of aromatic nitrogens is 5. The van der Waals surface area contributed by atoms with Crippen LogP contribution in [0.1, 0.15) is 18.2 Å². The molecule has 0 saturated carbocycles. The molecule has 29 heavy (non-hydrogen) atoms. The number of ether oxygens (including phenoxy) is 1. The number of rotatable bonds is 6. The maximum absolute atomic E-state index is 12.6. The molecule has 1 atom stereocenters. The summed E-state index contributed by atoms with van der Waals surface area (Å²) < 4.78 is 33.9. The van der Waals surface area contributed by atoms with E-state index in [4.69, 9.17) is 15.5 Å². The van der Waals surface area contributed by atoms with Crippen LogP contribution >= 0.6 is 0 Å². The summed E-state index contributed by atoms with van der Waals surface area (Å²) in [7, 11) is 1.83. The second-order valence-electron chi connectivity index (χ2n) is 6.94. The normalized spacial score (nSPS) is 13.7. The van der Waals surface area contributed by atoms with Crippen molar-refractivity contribution in [3.63, 3.8) is 0 Å². The summed E-state index contributed by atoms with van der Waals surface area (Å²) in [5.74, 6) is 0.306. The van der Waals surface area contributed by atoms with Gasteiger partial charge in [0, 0.05) is 36.1 Å². The maximum Gasteiger partial charge on any atom is 0.272 e. The zero-order chi connectivity index (χ0) is 20.6. The van der Waals surface area contributed by atoms with Crippen LogP contribution in [0.25, 0.3) is 16.8 Å². The number of halogens is 2. The molecule has 0 radical (unpaired) electrons. The molecule has 0 amide bonds. The quantitative estimate of drug-likeness (QED) is 0.540. The van der Waals surface area contributed by atoms with E-state index in [9.17, 15) is 8.78 Å². The molecular weight excluding hydrogens is 378 g/mol. The Labute approximate surface area is 165 Å². The van der Waals surface area contributed by atoms with E-state index in [1.807, 2.05) is 13.2 Å². The lowest BCUT2D eigenvalue weighted by Gasteiger charge is -2.27. The number of hydrogen-bond acceptors (Lipinski definition) is 5. The minimum absolute atomic E-state index is 0.306. The fraction of sp³-hybridized carbons (Fsp3) is 0.250. The van der Waals surface area contributed by atoms with Crippen LogP contribution in [0.4, 0.5) is 8.78 Å². The van der Waals surface area contributed by atoms with E-state index in [2.05, 4.69) is 10.2 Å². The van der Waals surface area contributed by atoms with Crippen molar-refractivity contribution >= 4 is 5.65 Å². The third kappa shape index (κ3) is 3.56. The standard InChI is InChI=1S/C20H20F2N6O/c1-20(23,15-5-3-4-6-16(15)29-12-18(21)22)17-7-8-28-19(26-17)14(10-25-28)13-9-24-27(2)11-13/h3-11,18H,12,23H2,1-2H3. The van der Waals surface area contributed by atoms with E-state index in [0.29, 0.717) is 22.7 Å². The van der Waals surface area contributed by atoms with Gasteiger partial charge in [-0.2, -0.15) is 10.2 Å². The van der Waals surface area contributed by atoms with E-state index < -0.39 is 18.6 Å². The lowest BCUT2D eigenvalue weighted by atomic mass is 9.88. The molecule has 0 aliphatic heterocycles. The van der Waals surface area contributed by atoms with Crippen molar-refractivity contribution in [2.45, 2.75) is 18.9 Å². The summed E-state index contributed by atoms with van der Waals surface area (Å²) >= 11 is 0. The van der Waals surface area contributed by atoms with Gasteiger partial charge in [-0.05, 0) is 19.1 Å². The fourth-order valence-corrected chi connectivity index (χ4v) is 3.23. The first-order chi connectivity index (χ1) is 13.9. The largest absolute Gasteiger partial charge is 0.487 e. The molecule has 1 aromatic carbocycles. The third-order valence-corrected chi connectivity index (χ3v) is 4.73. The van der Waals surface area contributed by atoms with Gasteiger partial charge in [0.25, 0.3) is 6.43 Å². The summed E-state index contributed by atoms with van der Waals surface area (Å²) in [6, 6.07) is 8.64. The van der Waals surface area contributed by atoms with Gasteiger partial charge >= 0.3 is 0 Å². The molecule has 9 heteroatoms. The summed E-state index contributed by atoms with van der Waals surface area (Å²) in [4.78, 5) is 4.74. The zero-order valence-electron chi connectivity index (χ0n) is 16.0. The van der Waals surface area contributed by atoms with Gasteiger partial charge in [0.15, 0.2) is 5.65 Å². The van der Waals surface area contributed by atoms with Gasteiger partial charge in [0.1, 0.15) is 12.4 Å². The Hall–Kier alpha value is -3.33. The number of nitrogens with two attached hydrogens (primary N) is 1. The lowest BCUT2D eigenvalue weighted by molar-refractivity contribution is 0.0809. The van der Waals surface area contributed by atoms with E-state index >= 15 is 0 Å². The Morgan fingerprint density at radius 1 is 1.17 bits per heavy atom. The maximum atomic E-state index is 12.6. The average Bonchev–Trinajstić information content (AvgIpc) is 3.31. The van der Waals surface area contributed by atoms with E-state index in [1.54, 1.807) is 65.0 Å². The Morgan fingerprint density at radius 2 is 1.97 bits per heavy atom. The monoisotopic (exact) mass is 398 g/mol. The summed E-state index contributed by atoms with van der Waals surface area (Å²) in [5.41, 5.74) is 9.02. The van der Waals surface area contributed by atoms with Gasteiger partial charge in [-0.25, -0.2) is 18.3 Å². The number of nitrogens with zero attached hydrogens (tertiary/aromatic N) is 5. The van der Waals surface area contributed by atoms with Crippen LogP contribution in [0.2, 0.25) is 0 Å². The topological polar surface area (TPSA) is 83.3 Å². The Morgan fingerprint density at radius 3 is 2.69 bits per heavy atom. The van der Waals surface area contributed by atoms with Crippen molar-refractivity contribution in [2.75, 3.05) is 6.61 Å². The molecule has 1 unspecified atom stereocenters. The highest BCUT2D eigenvalue weighted by Gasteiger charge is 2.30. The van der Waals surface area contributed by atoms with Gasteiger partial charge in [0.2, 0.25) is 0 Å². The van der Waals surface area contributed by atoms with E-state index in [1.165, 1.54) is 0 Å². The van der Waals surface area contributed by atoms with Crippen LogP contribution in [0.3, 0.4) is 0 Å². The molecule has 0 aliphatic rings. The first-order valence-electron chi connectivity index (χ1n) is 8.99. The predicted molar refractivity (Wildman–Crippen MR) is 104 cm³/mol. The Bertz CT molecular complexity index is 1150. The minimum Gasteiger partial charge on any atom is -0.487 e. The molecule has 0 saturated heterocycles. The van der Waals surface area contributed by atoms with E-state index in [0.717, 1.165) is 11.1 Å². The second-order valence-corrected chi connectivity index (χ2v) is 6.94. The summed E-state index contributed by atoms with van der Waals surface area (Å²) in [6.45, 7) is 1.07. The number of benzene rings is 1. The average molecular weight is 398 g/mol. The Balaban J connectivity index is 1.78. The highest BCUT2D eigenvalue weighted by atomic mass is 19.3. The molecule has 4 rings (SSSR count). The van der Waals surface area contributed by atoms with Crippen LogP contribution < -0.4 is 10.5 Å². The first kappa shape index (κ1) is 19.0. The van der Waals surface area contributed by atoms with Crippen LogP contribution in [-0.2, 0) is 12.6 Å². The molecule has 3 heterocycles. The van der Waals surface area contributed by atoms with Gasteiger partial charge in [-0.1, -0.05) is 18.2 Å². The smallest absolute Gasteiger partial charge is 0.272 e. The third-order valence-electron chi connectivity index (χ3n) is 4.73. The van der Waals surface area contributed by atoms with Crippen LogP contribution in [0, 0.1) is 0 Å². The van der Waals surface area contributed by atoms with Crippen molar-refractivity contribution in [1.29, 1.82) is 0 Å². The van der Waals surface area contributed by atoms with Crippen LogP contribution in [0.5, 0.6) is 5.75 Å². The van der Waals surface area contributed by atoms with Crippen molar-refractivity contribution in [3.8, 4) is 16.9 Å². The molecule has 3 aromatic heterocycles. The SMILES string of the molecule is Cn1cc(-c2cnn3ccc(C(C)(N)c4ccccc4OCC(F)F)nc23)cn1. The van der Waals surface area contributed by atoms with Crippen LogP contribution in [0.15, 0.2) is 55.1 Å². The molecule has 0 bridgehead atoms. The molecule has 150 valence electrons. The first-order valence-corrected chi connectivity index (χ1v) is 8.99. The van der Waals surface area contributed by atoms with Gasteiger partial charge in [0.05, 0.1) is 23.6 Å². The molecule has 0 spiro atoms. The van der Waals surface area contributed by atoms with Gasteiger partial charge in [-0.3, -0.25) is 4.68 Å². The summed E-state index contributed by atoms with van der Waals surface area (Å²) in [5, 5.41) is 8.53. The van der Waals surface area contributed by atoms with E-state index in [-0.39, 0.29) is 0 Å². The minimum atomic E-state index is -2.57. The molecule has 2 N–H and O–H groups in total. The number of para-hydroxylation sites is 1. The fourth-order valence-electron chi connectivity index (χ4n) is 3.23. The molecular formula is C20H20F2N6O. The lowest BCUT2D eigenvalue weighted by Crippen LogP contribution is -2.36. The van der Waals surface area contributed by atoms with Gasteiger partial charge in [-0.15, -0.1) is 0 Å². The number of aryl methyl sites for hydroxylation is 1. The number of alkyl halides is 2. The highest BCUT2D eigenvalue weighted by Crippen LogP contribution is 2.33. The van der Waals surface area contributed by atoms with Crippen molar-refractivity contribution in [1.82, 2.24) is 24.4 Å². The van der Waals surface area contributed by atoms with Gasteiger partial charge < -0.3 is 10.5 Å². The second kappa shape index (κ2) is 7.25. The van der Waals surface area contributed by atoms with Crippen molar-refractivity contribution in [3.05, 3.63) is 66.4 Å². The molecule has 0 aliphatic carbocycles. The highest BCUT2D eigenvalue weighted by molar-refractivity contribution is 5.76. The predicted octanol–water partition coefficient (Wildman–Crippen LogP) is 3.00. The molecule has 7 nitrogen and oxygen atoms in total. The zero-order valence-corrected chi connectivity index (χ0v) is 16.0. The van der Waals surface area contributed by atoms with Crippen molar-refractivity contribution < 1.29 is 13.5 Å². The molecule has 4 aromatic rings. The number of hydrogen-bond donors (Lipinski definition) is 1. The number of fused-ring (bicyclic) bond motifs is 1. The van der Waals surface area contributed by atoms with Crippen LogP contribution in [-0.4, -0.2) is 37.4 Å². The molecule has 0 fully saturated rings.